The fraction of sp³-hybridized carbons (Fsp3) is 0.375. The van der Waals surface area contributed by atoms with Crippen molar-refractivity contribution >= 4 is 23.4 Å². The molecule has 10 heteroatoms. The Bertz CT molecular complexity index is 1130. The van der Waals surface area contributed by atoms with E-state index in [0.29, 0.717) is 29.7 Å². The van der Waals surface area contributed by atoms with Gasteiger partial charge in [-0.25, -0.2) is 0 Å². The molecule has 0 aliphatic carbocycles. The van der Waals surface area contributed by atoms with E-state index in [-0.39, 0.29) is 48.7 Å². The predicted molar refractivity (Wildman–Crippen MR) is 119 cm³/mol. The van der Waals surface area contributed by atoms with E-state index in [4.69, 9.17) is 4.74 Å². The van der Waals surface area contributed by atoms with Crippen LogP contribution < -0.4 is 19.7 Å². The third kappa shape index (κ3) is 4.27. The monoisotopic (exact) mass is 473 g/mol. The molecule has 1 fully saturated rings. The Hall–Kier alpha value is -3.69. The lowest BCUT2D eigenvalue weighted by atomic mass is 9.98. The standard InChI is InChI=1S/C24H25F2N3O5/c1-24-11-9-21(31)29(24)17-6-4-3-5-16(17)22(32)28(24)12-10-20(30)27-14-15-7-8-18(34-23(25)26)19(13-15)33-2/h3-8,13,23H,9-12,14H2,1-2H3,(H,27,30). The van der Waals surface area contributed by atoms with Gasteiger partial charge in [-0.05, 0) is 43.2 Å². The molecule has 0 saturated carbocycles. The fourth-order valence-corrected chi connectivity index (χ4v) is 4.56. The molecule has 2 heterocycles. The van der Waals surface area contributed by atoms with Crippen LogP contribution in [0.1, 0.15) is 42.1 Å². The molecule has 4 rings (SSSR count). The van der Waals surface area contributed by atoms with E-state index >= 15 is 0 Å². The van der Waals surface area contributed by atoms with Gasteiger partial charge < -0.3 is 19.7 Å². The summed E-state index contributed by atoms with van der Waals surface area (Å²) in [7, 11) is 1.33. The number of benzene rings is 2. The third-order valence-electron chi connectivity index (χ3n) is 6.24. The number of methoxy groups -OCH3 is 1. The van der Waals surface area contributed by atoms with Crippen molar-refractivity contribution in [2.75, 3.05) is 18.6 Å². The number of hydrogen-bond acceptors (Lipinski definition) is 5. The van der Waals surface area contributed by atoms with Crippen molar-refractivity contribution in [3.63, 3.8) is 0 Å². The van der Waals surface area contributed by atoms with Crippen LogP contribution in [0.2, 0.25) is 0 Å². The van der Waals surface area contributed by atoms with Crippen LogP contribution in [0, 0.1) is 0 Å². The van der Waals surface area contributed by atoms with Crippen LogP contribution in [0.5, 0.6) is 11.5 Å². The summed E-state index contributed by atoms with van der Waals surface area (Å²) in [5.41, 5.74) is 0.853. The molecule has 2 aromatic rings. The van der Waals surface area contributed by atoms with E-state index in [1.54, 1.807) is 40.1 Å². The van der Waals surface area contributed by atoms with Gasteiger partial charge in [0, 0.05) is 25.9 Å². The number of nitrogens with zero attached hydrogens (tertiary/aromatic N) is 2. The van der Waals surface area contributed by atoms with Gasteiger partial charge in [0.1, 0.15) is 5.66 Å². The molecule has 1 atom stereocenters. The summed E-state index contributed by atoms with van der Waals surface area (Å²) in [6, 6.07) is 11.4. The Labute approximate surface area is 195 Å². The van der Waals surface area contributed by atoms with Gasteiger partial charge in [0.25, 0.3) is 5.91 Å². The van der Waals surface area contributed by atoms with E-state index in [2.05, 4.69) is 10.1 Å². The first kappa shape index (κ1) is 23.5. The lowest BCUT2D eigenvalue weighted by molar-refractivity contribution is -0.121. The van der Waals surface area contributed by atoms with Crippen LogP contribution in [0.25, 0.3) is 0 Å². The summed E-state index contributed by atoms with van der Waals surface area (Å²) < 4.78 is 34.4. The summed E-state index contributed by atoms with van der Waals surface area (Å²) in [6.07, 6.45) is 0.851. The van der Waals surface area contributed by atoms with Crippen molar-refractivity contribution in [3.8, 4) is 11.5 Å². The molecule has 0 aromatic heterocycles. The van der Waals surface area contributed by atoms with Crippen molar-refractivity contribution in [3.05, 3.63) is 53.6 Å². The van der Waals surface area contributed by atoms with Gasteiger partial charge in [-0.15, -0.1) is 0 Å². The number of fused-ring (bicyclic) bond motifs is 3. The van der Waals surface area contributed by atoms with Gasteiger partial charge in [-0.1, -0.05) is 18.2 Å². The molecule has 2 aromatic carbocycles. The molecule has 2 aliphatic rings. The molecule has 0 spiro atoms. The van der Waals surface area contributed by atoms with Gasteiger partial charge >= 0.3 is 6.61 Å². The Morgan fingerprint density at radius 3 is 2.68 bits per heavy atom. The molecule has 180 valence electrons. The van der Waals surface area contributed by atoms with Crippen LogP contribution in [0.15, 0.2) is 42.5 Å². The Kier molecular flexibility index (Phi) is 6.41. The van der Waals surface area contributed by atoms with Crippen LogP contribution in [0.3, 0.4) is 0 Å². The first-order valence-corrected chi connectivity index (χ1v) is 10.9. The highest BCUT2D eigenvalue weighted by Crippen LogP contribution is 2.44. The van der Waals surface area contributed by atoms with E-state index in [1.807, 2.05) is 6.92 Å². The summed E-state index contributed by atoms with van der Waals surface area (Å²) in [5.74, 6) is -0.525. The molecule has 2 aliphatic heterocycles. The number of para-hydroxylation sites is 1. The van der Waals surface area contributed by atoms with E-state index in [0.717, 1.165) is 0 Å². The summed E-state index contributed by atoms with van der Waals surface area (Å²) in [5, 5.41) is 2.76. The maximum absolute atomic E-state index is 13.2. The zero-order chi connectivity index (χ0) is 24.5. The minimum absolute atomic E-state index is 0.0369. The van der Waals surface area contributed by atoms with Crippen LogP contribution in [0.4, 0.5) is 14.5 Å². The second-order valence-corrected chi connectivity index (χ2v) is 8.31. The molecular formula is C24H25F2N3O5. The predicted octanol–water partition coefficient (Wildman–Crippen LogP) is 3.30. The molecule has 3 amide bonds. The van der Waals surface area contributed by atoms with Crippen molar-refractivity contribution in [2.24, 2.45) is 0 Å². The molecule has 8 nitrogen and oxygen atoms in total. The normalized spacial score (nSPS) is 19.2. The minimum Gasteiger partial charge on any atom is -0.493 e. The largest absolute Gasteiger partial charge is 0.493 e. The van der Waals surface area contributed by atoms with E-state index in [9.17, 15) is 23.2 Å². The smallest absolute Gasteiger partial charge is 0.387 e. The quantitative estimate of drug-likeness (QED) is 0.636. The zero-order valence-electron chi connectivity index (χ0n) is 18.8. The second kappa shape index (κ2) is 9.28. The number of ether oxygens (including phenoxy) is 2. The number of hydrogen-bond donors (Lipinski definition) is 1. The lowest BCUT2D eigenvalue weighted by Crippen LogP contribution is -2.62. The second-order valence-electron chi connectivity index (χ2n) is 8.31. The van der Waals surface area contributed by atoms with Crippen LogP contribution in [-0.2, 0) is 16.1 Å². The molecule has 0 bridgehead atoms. The maximum atomic E-state index is 13.2. The third-order valence-corrected chi connectivity index (χ3v) is 6.24. The number of halogens is 2. The highest BCUT2D eigenvalue weighted by Gasteiger charge is 2.52. The highest BCUT2D eigenvalue weighted by molar-refractivity contribution is 6.10. The van der Waals surface area contributed by atoms with Gasteiger partial charge in [-0.3, -0.25) is 19.3 Å². The van der Waals surface area contributed by atoms with Crippen LogP contribution >= 0.6 is 0 Å². The fourth-order valence-electron chi connectivity index (χ4n) is 4.56. The molecule has 1 N–H and O–H groups in total. The molecule has 34 heavy (non-hydrogen) atoms. The van der Waals surface area contributed by atoms with Crippen molar-refractivity contribution < 1.29 is 32.6 Å². The molecule has 0 radical (unpaired) electrons. The van der Waals surface area contributed by atoms with Gasteiger partial charge in [0.2, 0.25) is 11.8 Å². The van der Waals surface area contributed by atoms with Crippen molar-refractivity contribution in [1.29, 1.82) is 0 Å². The number of carbonyl (C=O) groups excluding carboxylic acids is 3. The van der Waals surface area contributed by atoms with Gasteiger partial charge in [0.15, 0.2) is 11.5 Å². The zero-order valence-corrected chi connectivity index (χ0v) is 18.8. The average molecular weight is 473 g/mol. The van der Waals surface area contributed by atoms with E-state index < -0.39 is 12.3 Å². The average Bonchev–Trinajstić information content (AvgIpc) is 3.12. The number of alkyl halides is 2. The van der Waals surface area contributed by atoms with Gasteiger partial charge in [-0.2, -0.15) is 8.78 Å². The number of amides is 3. The van der Waals surface area contributed by atoms with Crippen LogP contribution in [-0.4, -0.2) is 48.6 Å². The summed E-state index contributed by atoms with van der Waals surface area (Å²) in [4.78, 5) is 41.6. The number of rotatable bonds is 8. The van der Waals surface area contributed by atoms with Crippen molar-refractivity contribution in [1.82, 2.24) is 10.2 Å². The molecule has 1 saturated heterocycles. The van der Waals surface area contributed by atoms with E-state index in [1.165, 1.54) is 19.2 Å². The Morgan fingerprint density at radius 1 is 1.18 bits per heavy atom. The highest BCUT2D eigenvalue weighted by atomic mass is 19.3. The summed E-state index contributed by atoms with van der Waals surface area (Å²) in [6.45, 7) is -0.845. The van der Waals surface area contributed by atoms with Gasteiger partial charge in [0.05, 0.1) is 18.4 Å². The number of carbonyl (C=O) groups is 3. The Morgan fingerprint density at radius 2 is 1.94 bits per heavy atom. The maximum Gasteiger partial charge on any atom is 0.387 e. The van der Waals surface area contributed by atoms with Crippen molar-refractivity contribution in [2.45, 2.75) is 45.0 Å². The minimum atomic E-state index is -2.98. The molecular weight excluding hydrogens is 448 g/mol. The number of nitrogens with one attached hydrogen (secondary N) is 1. The first-order chi connectivity index (χ1) is 16.2. The SMILES string of the molecule is COc1cc(CNC(=O)CCN2C(=O)c3ccccc3N3C(=O)CCC23C)ccc1OC(F)F. The first-order valence-electron chi connectivity index (χ1n) is 10.9. The topological polar surface area (TPSA) is 88.2 Å². The number of anilines is 1. The summed E-state index contributed by atoms with van der Waals surface area (Å²) >= 11 is 0. The Balaban J connectivity index is 1.41. The molecule has 1 unspecified atom stereocenters. The lowest BCUT2D eigenvalue weighted by Gasteiger charge is -2.48.